The highest BCUT2D eigenvalue weighted by molar-refractivity contribution is 5.95. The van der Waals surface area contributed by atoms with Crippen LogP contribution in [-0.4, -0.2) is 25.2 Å². The molecular formula is C14H20N2O2. The Kier molecular flexibility index (Phi) is 3.87. The van der Waals surface area contributed by atoms with Gasteiger partial charge in [0.2, 0.25) is 5.91 Å². The molecule has 2 unspecified atom stereocenters. The maximum absolute atomic E-state index is 12.4. The second-order valence-corrected chi connectivity index (χ2v) is 4.75. The lowest BCUT2D eigenvalue weighted by atomic mass is 10.0. The van der Waals surface area contributed by atoms with Crippen LogP contribution >= 0.6 is 0 Å². The first kappa shape index (κ1) is 12.9. The number of anilines is 2. The summed E-state index contributed by atoms with van der Waals surface area (Å²) in [6.45, 7) is 5.15. The molecule has 0 spiro atoms. The Morgan fingerprint density at radius 1 is 1.56 bits per heavy atom. The fourth-order valence-corrected chi connectivity index (χ4v) is 2.37. The molecule has 1 heterocycles. The summed E-state index contributed by atoms with van der Waals surface area (Å²) >= 11 is 0. The average molecular weight is 248 g/mol. The molecular weight excluding hydrogens is 228 g/mol. The minimum absolute atomic E-state index is 0.0265. The van der Waals surface area contributed by atoms with E-state index in [1.807, 2.05) is 38.1 Å². The van der Waals surface area contributed by atoms with Gasteiger partial charge < -0.3 is 15.4 Å². The Morgan fingerprint density at radius 3 is 2.89 bits per heavy atom. The number of nitrogen functional groups attached to an aromatic ring is 1. The number of benzene rings is 1. The molecule has 2 atom stereocenters. The molecule has 1 aliphatic rings. The van der Waals surface area contributed by atoms with Crippen molar-refractivity contribution in [2.24, 2.45) is 5.92 Å². The van der Waals surface area contributed by atoms with Gasteiger partial charge in [0.1, 0.15) is 0 Å². The molecule has 2 rings (SSSR count). The first-order chi connectivity index (χ1) is 8.61. The van der Waals surface area contributed by atoms with Crippen LogP contribution in [0.1, 0.15) is 20.3 Å². The molecule has 1 saturated heterocycles. The highest BCUT2D eigenvalue weighted by Crippen LogP contribution is 2.25. The predicted octanol–water partition coefficient (Wildman–Crippen LogP) is 2.05. The fourth-order valence-electron chi connectivity index (χ4n) is 2.37. The van der Waals surface area contributed by atoms with Crippen molar-refractivity contribution in [3.63, 3.8) is 0 Å². The largest absolute Gasteiger partial charge is 0.399 e. The van der Waals surface area contributed by atoms with Gasteiger partial charge in [-0.1, -0.05) is 6.07 Å². The van der Waals surface area contributed by atoms with Crippen LogP contribution in [0, 0.1) is 5.92 Å². The van der Waals surface area contributed by atoms with Crippen LogP contribution in [0.25, 0.3) is 0 Å². The molecule has 2 N–H and O–H groups in total. The van der Waals surface area contributed by atoms with E-state index in [0.29, 0.717) is 18.8 Å². The predicted molar refractivity (Wildman–Crippen MR) is 72.4 cm³/mol. The van der Waals surface area contributed by atoms with Crippen molar-refractivity contribution in [2.45, 2.75) is 26.4 Å². The fraction of sp³-hybridized carbons (Fsp3) is 0.500. The quantitative estimate of drug-likeness (QED) is 0.833. The van der Waals surface area contributed by atoms with E-state index in [9.17, 15) is 4.79 Å². The second kappa shape index (κ2) is 5.40. The first-order valence-electron chi connectivity index (χ1n) is 6.40. The molecule has 4 nitrogen and oxygen atoms in total. The van der Waals surface area contributed by atoms with E-state index in [0.717, 1.165) is 12.1 Å². The smallest absolute Gasteiger partial charge is 0.232 e. The summed E-state index contributed by atoms with van der Waals surface area (Å²) in [5, 5.41) is 0. The molecule has 0 aromatic heterocycles. The van der Waals surface area contributed by atoms with Crippen molar-refractivity contribution >= 4 is 17.3 Å². The normalized spacial score (nSPS) is 23.0. The van der Waals surface area contributed by atoms with Gasteiger partial charge in [0.25, 0.3) is 0 Å². The Bertz CT molecular complexity index is 434. The number of hydrogen-bond donors (Lipinski definition) is 1. The molecule has 0 aliphatic carbocycles. The van der Waals surface area contributed by atoms with Gasteiger partial charge in [-0.25, -0.2) is 0 Å². The lowest BCUT2D eigenvalue weighted by molar-refractivity contribution is -0.122. The Hall–Kier alpha value is -1.55. The van der Waals surface area contributed by atoms with Gasteiger partial charge in [-0.05, 0) is 38.5 Å². The van der Waals surface area contributed by atoms with Crippen molar-refractivity contribution in [1.82, 2.24) is 0 Å². The summed E-state index contributed by atoms with van der Waals surface area (Å²) in [5.41, 5.74) is 7.30. The average Bonchev–Trinajstić information content (AvgIpc) is 2.77. The van der Waals surface area contributed by atoms with Crippen LogP contribution in [0.3, 0.4) is 0 Å². The second-order valence-electron chi connectivity index (χ2n) is 4.75. The van der Waals surface area contributed by atoms with Crippen molar-refractivity contribution < 1.29 is 9.53 Å². The minimum Gasteiger partial charge on any atom is -0.399 e. The number of nitrogens with zero attached hydrogens (tertiary/aromatic N) is 1. The standard InChI is InChI=1S/C14H20N2O2/c1-3-16(13-6-4-5-12(15)8-13)14(17)11-7-10(2)18-9-11/h4-6,8,10-11H,3,7,9,15H2,1-2H3. The van der Waals surface area contributed by atoms with Crippen LogP contribution in [-0.2, 0) is 9.53 Å². The molecule has 98 valence electrons. The van der Waals surface area contributed by atoms with Gasteiger partial charge in [0.15, 0.2) is 0 Å². The Balaban J connectivity index is 2.15. The SMILES string of the molecule is CCN(C(=O)C1COC(C)C1)c1cccc(N)c1. The lowest BCUT2D eigenvalue weighted by Crippen LogP contribution is -2.36. The van der Waals surface area contributed by atoms with E-state index in [4.69, 9.17) is 10.5 Å². The summed E-state index contributed by atoms with van der Waals surface area (Å²) in [6.07, 6.45) is 0.982. The van der Waals surface area contributed by atoms with E-state index < -0.39 is 0 Å². The van der Waals surface area contributed by atoms with Gasteiger partial charge >= 0.3 is 0 Å². The molecule has 0 bridgehead atoms. The summed E-state index contributed by atoms with van der Waals surface area (Å²) in [5.74, 6) is 0.105. The van der Waals surface area contributed by atoms with Crippen LogP contribution in [0.2, 0.25) is 0 Å². The summed E-state index contributed by atoms with van der Waals surface area (Å²) in [6, 6.07) is 7.44. The molecule has 1 aromatic rings. The van der Waals surface area contributed by atoms with Crippen LogP contribution in [0.5, 0.6) is 0 Å². The maximum atomic E-state index is 12.4. The van der Waals surface area contributed by atoms with E-state index in [1.54, 1.807) is 4.90 Å². The molecule has 0 saturated carbocycles. The van der Waals surface area contributed by atoms with E-state index in [2.05, 4.69) is 0 Å². The molecule has 0 radical (unpaired) electrons. The zero-order valence-corrected chi connectivity index (χ0v) is 10.9. The summed E-state index contributed by atoms with van der Waals surface area (Å²) < 4.78 is 5.47. The van der Waals surface area contributed by atoms with Gasteiger partial charge in [-0.3, -0.25) is 4.79 Å². The topological polar surface area (TPSA) is 55.6 Å². The van der Waals surface area contributed by atoms with Crippen molar-refractivity contribution in [2.75, 3.05) is 23.8 Å². The maximum Gasteiger partial charge on any atom is 0.232 e. The highest BCUT2D eigenvalue weighted by atomic mass is 16.5. The third-order valence-corrected chi connectivity index (χ3v) is 3.31. The third-order valence-electron chi connectivity index (χ3n) is 3.31. The zero-order chi connectivity index (χ0) is 13.1. The Morgan fingerprint density at radius 2 is 2.33 bits per heavy atom. The Labute approximate surface area is 108 Å². The number of rotatable bonds is 3. The third kappa shape index (κ3) is 2.64. The molecule has 1 aliphatic heterocycles. The lowest BCUT2D eigenvalue weighted by Gasteiger charge is -2.24. The monoisotopic (exact) mass is 248 g/mol. The van der Waals surface area contributed by atoms with Crippen LogP contribution < -0.4 is 10.6 Å². The van der Waals surface area contributed by atoms with E-state index in [1.165, 1.54) is 0 Å². The van der Waals surface area contributed by atoms with Crippen LogP contribution in [0.15, 0.2) is 24.3 Å². The van der Waals surface area contributed by atoms with Gasteiger partial charge in [-0.2, -0.15) is 0 Å². The zero-order valence-electron chi connectivity index (χ0n) is 10.9. The number of carbonyl (C=O) groups is 1. The molecule has 4 heteroatoms. The first-order valence-corrected chi connectivity index (χ1v) is 6.40. The number of amides is 1. The van der Waals surface area contributed by atoms with Crippen LogP contribution in [0.4, 0.5) is 11.4 Å². The highest BCUT2D eigenvalue weighted by Gasteiger charge is 2.31. The molecule has 1 fully saturated rings. The summed E-state index contributed by atoms with van der Waals surface area (Å²) in [4.78, 5) is 14.2. The van der Waals surface area contributed by atoms with Gasteiger partial charge in [-0.15, -0.1) is 0 Å². The van der Waals surface area contributed by atoms with Crippen molar-refractivity contribution in [1.29, 1.82) is 0 Å². The van der Waals surface area contributed by atoms with Crippen molar-refractivity contribution in [3.8, 4) is 0 Å². The van der Waals surface area contributed by atoms with Gasteiger partial charge in [0, 0.05) is 17.9 Å². The van der Waals surface area contributed by atoms with Gasteiger partial charge in [0.05, 0.1) is 18.6 Å². The molecule has 1 amide bonds. The number of hydrogen-bond acceptors (Lipinski definition) is 3. The number of ether oxygens (including phenoxy) is 1. The van der Waals surface area contributed by atoms with E-state index >= 15 is 0 Å². The summed E-state index contributed by atoms with van der Waals surface area (Å²) in [7, 11) is 0. The van der Waals surface area contributed by atoms with E-state index in [-0.39, 0.29) is 17.9 Å². The number of carbonyl (C=O) groups excluding carboxylic acids is 1. The van der Waals surface area contributed by atoms with Crippen molar-refractivity contribution in [3.05, 3.63) is 24.3 Å². The number of nitrogens with two attached hydrogens (primary N) is 1. The minimum atomic E-state index is -0.0265. The molecule has 18 heavy (non-hydrogen) atoms. The molecule has 1 aromatic carbocycles.